The topological polar surface area (TPSA) is 51.2 Å². The summed E-state index contributed by atoms with van der Waals surface area (Å²) in [5, 5.41) is 3.06. The second-order valence-electron chi connectivity index (χ2n) is 5.30. The second kappa shape index (κ2) is 7.03. The van der Waals surface area contributed by atoms with Gasteiger partial charge in [-0.05, 0) is 37.1 Å². The smallest absolute Gasteiger partial charge is 0.251 e. The molecule has 1 fully saturated rings. The Bertz CT molecular complexity index is 652. The predicted molar refractivity (Wildman–Crippen MR) is 88.7 cm³/mol. The molecule has 3 rings (SSSR count). The van der Waals surface area contributed by atoms with Gasteiger partial charge in [-0.3, -0.25) is 9.78 Å². The van der Waals surface area contributed by atoms with Crippen LogP contribution >= 0.6 is 15.9 Å². The number of aromatic nitrogens is 1. The third kappa shape index (κ3) is 3.72. The van der Waals surface area contributed by atoms with E-state index in [1.165, 1.54) is 0 Å². The number of hydrogen-bond donors (Lipinski definition) is 1. The molecule has 0 bridgehead atoms. The third-order valence-corrected chi connectivity index (χ3v) is 4.21. The van der Waals surface area contributed by atoms with Crippen molar-refractivity contribution in [2.24, 2.45) is 0 Å². The number of halogens is 1. The summed E-state index contributed by atoms with van der Waals surface area (Å²) in [7, 11) is 0. The van der Waals surface area contributed by atoms with Crippen molar-refractivity contribution >= 4 is 21.8 Å². The van der Waals surface area contributed by atoms with Gasteiger partial charge in [0, 0.05) is 41.1 Å². The molecule has 4 nitrogen and oxygen atoms in total. The van der Waals surface area contributed by atoms with Gasteiger partial charge in [0.15, 0.2) is 0 Å². The van der Waals surface area contributed by atoms with Gasteiger partial charge in [0.25, 0.3) is 5.91 Å². The van der Waals surface area contributed by atoms with Gasteiger partial charge in [0.05, 0.1) is 5.69 Å². The van der Waals surface area contributed by atoms with E-state index < -0.39 is 0 Å². The fraction of sp³-hybridized carbons (Fsp3) is 0.294. The van der Waals surface area contributed by atoms with Crippen molar-refractivity contribution in [1.82, 2.24) is 10.3 Å². The Morgan fingerprint density at radius 3 is 2.59 bits per heavy atom. The Balaban J connectivity index is 1.69. The predicted octanol–water partition coefficient (Wildman–Crippen LogP) is 3.42. The number of carbonyl (C=O) groups is 1. The highest BCUT2D eigenvalue weighted by molar-refractivity contribution is 9.10. The van der Waals surface area contributed by atoms with E-state index in [1.807, 2.05) is 36.4 Å². The summed E-state index contributed by atoms with van der Waals surface area (Å²) in [6.07, 6.45) is 3.52. The zero-order valence-corrected chi connectivity index (χ0v) is 13.7. The summed E-state index contributed by atoms with van der Waals surface area (Å²) >= 11 is 3.44. The van der Waals surface area contributed by atoms with Crippen molar-refractivity contribution in [2.75, 3.05) is 13.2 Å². The monoisotopic (exact) mass is 360 g/mol. The van der Waals surface area contributed by atoms with E-state index in [0.717, 1.165) is 41.8 Å². The number of rotatable bonds is 3. The Kier molecular flexibility index (Phi) is 4.85. The average molecular weight is 361 g/mol. The molecule has 0 spiro atoms. The lowest BCUT2D eigenvalue weighted by atomic mass is 10.1. The van der Waals surface area contributed by atoms with Crippen LogP contribution in [0.4, 0.5) is 0 Å². The molecule has 5 heteroatoms. The fourth-order valence-electron chi connectivity index (χ4n) is 2.47. The molecule has 2 heterocycles. The van der Waals surface area contributed by atoms with Gasteiger partial charge < -0.3 is 10.1 Å². The summed E-state index contributed by atoms with van der Waals surface area (Å²) in [5.41, 5.74) is 2.54. The molecular formula is C17H17BrN2O2. The van der Waals surface area contributed by atoms with Gasteiger partial charge in [0.2, 0.25) is 0 Å². The number of benzene rings is 1. The lowest BCUT2D eigenvalue weighted by molar-refractivity contribution is 0.0696. The Morgan fingerprint density at radius 2 is 1.91 bits per heavy atom. The van der Waals surface area contributed by atoms with Crippen LogP contribution in [0.2, 0.25) is 0 Å². The van der Waals surface area contributed by atoms with E-state index >= 15 is 0 Å². The molecule has 1 amide bonds. The normalized spacial score (nSPS) is 15.5. The van der Waals surface area contributed by atoms with Crippen molar-refractivity contribution in [3.63, 3.8) is 0 Å². The highest BCUT2D eigenvalue weighted by Crippen LogP contribution is 2.21. The fourth-order valence-corrected chi connectivity index (χ4v) is 2.80. The van der Waals surface area contributed by atoms with Crippen molar-refractivity contribution in [2.45, 2.75) is 18.9 Å². The quantitative estimate of drug-likeness (QED) is 0.912. The van der Waals surface area contributed by atoms with Gasteiger partial charge >= 0.3 is 0 Å². The van der Waals surface area contributed by atoms with E-state index in [-0.39, 0.29) is 11.9 Å². The summed E-state index contributed by atoms with van der Waals surface area (Å²) in [4.78, 5) is 16.6. The van der Waals surface area contributed by atoms with Crippen LogP contribution < -0.4 is 5.32 Å². The lowest BCUT2D eigenvalue weighted by Crippen LogP contribution is -2.38. The first kappa shape index (κ1) is 15.2. The maximum atomic E-state index is 12.2. The van der Waals surface area contributed by atoms with E-state index in [9.17, 15) is 4.79 Å². The van der Waals surface area contributed by atoms with Crippen LogP contribution in [-0.4, -0.2) is 30.1 Å². The van der Waals surface area contributed by atoms with Crippen molar-refractivity contribution in [3.8, 4) is 11.3 Å². The van der Waals surface area contributed by atoms with Crippen molar-refractivity contribution in [3.05, 3.63) is 52.6 Å². The largest absolute Gasteiger partial charge is 0.381 e. The molecule has 0 aliphatic carbocycles. The minimum absolute atomic E-state index is 0.0272. The minimum atomic E-state index is -0.0272. The first-order valence-corrected chi connectivity index (χ1v) is 8.12. The SMILES string of the molecule is O=C(NC1CCOCC1)c1ccc(-c2cc(Br)ccn2)cc1. The summed E-state index contributed by atoms with van der Waals surface area (Å²) < 4.78 is 6.28. The van der Waals surface area contributed by atoms with Crippen LogP contribution in [0.5, 0.6) is 0 Å². The summed E-state index contributed by atoms with van der Waals surface area (Å²) in [6, 6.07) is 11.6. The Hall–Kier alpha value is -1.72. The van der Waals surface area contributed by atoms with Crippen LogP contribution in [0.3, 0.4) is 0 Å². The number of amides is 1. The van der Waals surface area contributed by atoms with E-state index in [1.54, 1.807) is 6.20 Å². The molecule has 1 aliphatic heterocycles. The molecule has 1 aromatic heterocycles. The molecule has 1 aromatic carbocycles. The molecule has 1 N–H and O–H groups in total. The van der Waals surface area contributed by atoms with Crippen LogP contribution in [0, 0.1) is 0 Å². The standard InChI is InChI=1S/C17H17BrN2O2/c18-14-5-8-19-16(11-14)12-1-3-13(4-2-12)17(21)20-15-6-9-22-10-7-15/h1-5,8,11,15H,6-7,9-10H2,(H,20,21). The summed E-state index contributed by atoms with van der Waals surface area (Å²) in [6.45, 7) is 1.44. The molecule has 22 heavy (non-hydrogen) atoms. The Labute approximate surface area is 138 Å². The van der Waals surface area contributed by atoms with E-state index in [4.69, 9.17) is 4.74 Å². The van der Waals surface area contributed by atoms with Crippen molar-refractivity contribution in [1.29, 1.82) is 0 Å². The van der Waals surface area contributed by atoms with Crippen molar-refractivity contribution < 1.29 is 9.53 Å². The van der Waals surface area contributed by atoms with Gasteiger partial charge in [-0.1, -0.05) is 28.1 Å². The first-order valence-electron chi connectivity index (χ1n) is 7.33. The highest BCUT2D eigenvalue weighted by atomic mass is 79.9. The van der Waals surface area contributed by atoms with Crippen LogP contribution in [0.25, 0.3) is 11.3 Å². The molecule has 0 saturated carbocycles. The molecule has 0 atom stereocenters. The third-order valence-electron chi connectivity index (χ3n) is 3.72. The number of pyridine rings is 1. The van der Waals surface area contributed by atoms with Crippen LogP contribution in [-0.2, 0) is 4.74 Å². The molecule has 1 saturated heterocycles. The second-order valence-corrected chi connectivity index (χ2v) is 6.21. The molecule has 2 aromatic rings. The minimum Gasteiger partial charge on any atom is -0.381 e. The number of carbonyl (C=O) groups excluding carboxylic acids is 1. The zero-order valence-electron chi connectivity index (χ0n) is 12.1. The number of nitrogens with one attached hydrogen (secondary N) is 1. The van der Waals surface area contributed by atoms with Crippen LogP contribution in [0.15, 0.2) is 47.1 Å². The molecule has 0 unspecified atom stereocenters. The molecule has 0 radical (unpaired) electrons. The van der Waals surface area contributed by atoms with Gasteiger partial charge in [-0.2, -0.15) is 0 Å². The average Bonchev–Trinajstić information content (AvgIpc) is 2.56. The maximum absolute atomic E-state index is 12.2. The van der Waals surface area contributed by atoms with Crippen LogP contribution in [0.1, 0.15) is 23.2 Å². The number of ether oxygens (including phenoxy) is 1. The number of hydrogen-bond acceptors (Lipinski definition) is 3. The van der Waals surface area contributed by atoms with Gasteiger partial charge in [-0.25, -0.2) is 0 Å². The lowest BCUT2D eigenvalue weighted by Gasteiger charge is -2.23. The van der Waals surface area contributed by atoms with E-state index in [0.29, 0.717) is 5.56 Å². The highest BCUT2D eigenvalue weighted by Gasteiger charge is 2.16. The maximum Gasteiger partial charge on any atom is 0.251 e. The van der Waals surface area contributed by atoms with E-state index in [2.05, 4.69) is 26.2 Å². The zero-order chi connectivity index (χ0) is 15.4. The first-order chi connectivity index (χ1) is 10.7. The number of nitrogens with zero attached hydrogens (tertiary/aromatic N) is 1. The van der Waals surface area contributed by atoms with Gasteiger partial charge in [-0.15, -0.1) is 0 Å². The Morgan fingerprint density at radius 1 is 1.18 bits per heavy atom. The molecule has 1 aliphatic rings. The molecule has 114 valence electrons. The summed E-state index contributed by atoms with van der Waals surface area (Å²) in [5.74, 6) is -0.0272. The van der Waals surface area contributed by atoms with Gasteiger partial charge in [0.1, 0.15) is 0 Å². The molecular weight excluding hydrogens is 344 g/mol.